The molecule has 0 atom stereocenters. The number of rotatable bonds is 7. The summed E-state index contributed by atoms with van der Waals surface area (Å²) in [7, 11) is 1.67. The smallest absolute Gasteiger partial charge is 0.163 e. The van der Waals surface area contributed by atoms with E-state index in [1.165, 1.54) is 37.7 Å². The number of hydrogen-bond donors (Lipinski definition) is 1. The third-order valence-corrected chi connectivity index (χ3v) is 5.35. The van der Waals surface area contributed by atoms with Crippen molar-refractivity contribution in [3.63, 3.8) is 0 Å². The second-order valence-electron chi connectivity index (χ2n) is 7.09. The van der Waals surface area contributed by atoms with Crippen LogP contribution in [0.15, 0.2) is 36.4 Å². The summed E-state index contributed by atoms with van der Waals surface area (Å²) in [5.41, 5.74) is 3.41. The number of halogens is 1. The molecular weight excluding hydrogens is 346 g/mol. The van der Waals surface area contributed by atoms with E-state index >= 15 is 0 Å². The molecule has 2 aromatic carbocycles. The Morgan fingerprint density at radius 2 is 1.88 bits per heavy atom. The van der Waals surface area contributed by atoms with E-state index in [-0.39, 0.29) is 0 Å². The Kier molecular flexibility index (Phi) is 6.81. The number of ether oxygens (including phenoxy) is 2. The fourth-order valence-electron chi connectivity index (χ4n) is 3.51. The first-order valence-electron chi connectivity index (χ1n) is 9.44. The van der Waals surface area contributed by atoms with Crippen LogP contribution in [-0.2, 0) is 13.2 Å². The molecule has 4 heteroatoms. The lowest BCUT2D eigenvalue weighted by molar-refractivity contribution is 0.284. The number of aryl methyl sites for hydroxylation is 1. The van der Waals surface area contributed by atoms with E-state index in [1.807, 2.05) is 18.2 Å². The van der Waals surface area contributed by atoms with Crippen molar-refractivity contribution in [2.24, 2.45) is 0 Å². The maximum absolute atomic E-state index is 6.51. The Morgan fingerprint density at radius 1 is 1.08 bits per heavy atom. The first-order valence-corrected chi connectivity index (χ1v) is 9.81. The fraction of sp³-hybridized carbons (Fsp3) is 0.455. The van der Waals surface area contributed by atoms with Crippen molar-refractivity contribution in [1.29, 1.82) is 0 Å². The van der Waals surface area contributed by atoms with Crippen LogP contribution in [0.25, 0.3) is 0 Å². The van der Waals surface area contributed by atoms with Crippen molar-refractivity contribution in [2.75, 3.05) is 7.11 Å². The second-order valence-corrected chi connectivity index (χ2v) is 7.50. The van der Waals surface area contributed by atoms with Crippen molar-refractivity contribution < 1.29 is 9.47 Å². The zero-order chi connectivity index (χ0) is 18.4. The molecule has 1 saturated carbocycles. The molecule has 1 N–H and O–H groups in total. The molecule has 0 unspecified atom stereocenters. The van der Waals surface area contributed by atoms with E-state index in [9.17, 15) is 0 Å². The monoisotopic (exact) mass is 373 g/mol. The first kappa shape index (κ1) is 19.1. The summed E-state index contributed by atoms with van der Waals surface area (Å²) in [6.45, 7) is 3.33. The van der Waals surface area contributed by atoms with Gasteiger partial charge in [-0.2, -0.15) is 0 Å². The van der Waals surface area contributed by atoms with E-state index in [0.717, 1.165) is 23.4 Å². The normalized spacial score (nSPS) is 15.0. The third-order valence-electron chi connectivity index (χ3n) is 5.00. The van der Waals surface area contributed by atoms with Crippen LogP contribution in [0.3, 0.4) is 0 Å². The summed E-state index contributed by atoms with van der Waals surface area (Å²) in [5, 5.41) is 4.35. The third kappa shape index (κ3) is 5.15. The van der Waals surface area contributed by atoms with Gasteiger partial charge in [-0.3, -0.25) is 0 Å². The Balaban J connectivity index is 1.65. The molecule has 0 saturated heterocycles. The minimum atomic E-state index is 0.494. The number of benzene rings is 2. The van der Waals surface area contributed by atoms with E-state index in [2.05, 4.69) is 30.4 Å². The lowest BCUT2D eigenvalue weighted by Gasteiger charge is -2.23. The van der Waals surface area contributed by atoms with Gasteiger partial charge in [-0.1, -0.05) is 60.7 Å². The van der Waals surface area contributed by atoms with Gasteiger partial charge in [-0.15, -0.1) is 0 Å². The molecule has 140 valence electrons. The molecule has 0 spiro atoms. The van der Waals surface area contributed by atoms with E-state index in [1.54, 1.807) is 7.11 Å². The van der Waals surface area contributed by atoms with Gasteiger partial charge in [0, 0.05) is 23.7 Å². The standard InChI is InChI=1S/C22H28ClNO2/c1-16-7-6-8-17(11-16)15-26-22-13-20(23)18(12-21(22)25-2)14-24-19-9-4-3-5-10-19/h6-8,11-13,19,24H,3-5,9-10,14-15H2,1-2H3. The molecule has 0 amide bonds. The van der Waals surface area contributed by atoms with Crippen LogP contribution in [0.4, 0.5) is 0 Å². The molecule has 1 aliphatic carbocycles. The quantitative estimate of drug-likeness (QED) is 0.679. The summed E-state index contributed by atoms with van der Waals surface area (Å²) >= 11 is 6.51. The second kappa shape index (κ2) is 9.29. The molecular formula is C22H28ClNO2. The maximum atomic E-state index is 6.51. The van der Waals surface area contributed by atoms with Gasteiger partial charge < -0.3 is 14.8 Å². The Bertz CT molecular complexity index is 726. The lowest BCUT2D eigenvalue weighted by atomic mass is 9.95. The van der Waals surface area contributed by atoms with Crippen molar-refractivity contribution >= 4 is 11.6 Å². The van der Waals surface area contributed by atoms with Gasteiger partial charge in [-0.05, 0) is 37.0 Å². The van der Waals surface area contributed by atoms with Crippen LogP contribution in [0, 0.1) is 6.92 Å². The highest BCUT2D eigenvalue weighted by atomic mass is 35.5. The van der Waals surface area contributed by atoms with E-state index in [0.29, 0.717) is 23.4 Å². The molecule has 3 rings (SSSR count). The summed E-state index contributed by atoms with van der Waals surface area (Å²) in [5.74, 6) is 1.41. The van der Waals surface area contributed by atoms with Gasteiger partial charge in [0.15, 0.2) is 11.5 Å². The molecule has 1 aliphatic rings. The lowest BCUT2D eigenvalue weighted by Crippen LogP contribution is -2.30. The zero-order valence-corrected chi connectivity index (χ0v) is 16.4. The number of hydrogen-bond acceptors (Lipinski definition) is 3. The van der Waals surface area contributed by atoms with Gasteiger partial charge in [0.2, 0.25) is 0 Å². The summed E-state index contributed by atoms with van der Waals surface area (Å²) < 4.78 is 11.5. The van der Waals surface area contributed by atoms with E-state index in [4.69, 9.17) is 21.1 Å². The Morgan fingerprint density at radius 3 is 2.62 bits per heavy atom. The minimum Gasteiger partial charge on any atom is -0.493 e. The molecule has 2 aromatic rings. The SMILES string of the molecule is COc1cc(CNC2CCCCC2)c(Cl)cc1OCc1cccc(C)c1. The summed E-state index contributed by atoms with van der Waals surface area (Å²) in [4.78, 5) is 0. The molecule has 26 heavy (non-hydrogen) atoms. The highest BCUT2D eigenvalue weighted by molar-refractivity contribution is 6.31. The minimum absolute atomic E-state index is 0.494. The molecule has 0 heterocycles. The van der Waals surface area contributed by atoms with Crippen LogP contribution < -0.4 is 14.8 Å². The number of nitrogens with one attached hydrogen (secondary N) is 1. The average molecular weight is 374 g/mol. The van der Waals surface area contributed by atoms with Crippen LogP contribution >= 0.6 is 11.6 Å². The van der Waals surface area contributed by atoms with Crippen molar-refractivity contribution in [3.8, 4) is 11.5 Å². The largest absolute Gasteiger partial charge is 0.493 e. The summed E-state index contributed by atoms with van der Waals surface area (Å²) in [6, 6.07) is 12.8. The predicted octanol–water partition coefficient (Wildman–Crippen LogP) is 5.66. The van der Waals surface area contributed by atoms with Gasteiger partial charge >= 0.3 is 0 Å². The van der Waals surface area contributed by atoms with Crippen molar-refractivity contribution in [3.05, 3.63) is 58.1 Å². The van der Waals surface area contributed by atoms with E-state index < -0.39 is 0 Å². The first-order chi connectivity index (χ1) is 12.7. The Hall–Kier alpha value is -1.71. The number of methoxy groups -OCH3 is 1. The van der Waals surface area contributed by atoms with Crippen LogP contribution in [0.5, 0.6) is 11.5 Å². The zero-order valence-electron chi connectivity index (χ0n) is 15.7. The maximum Gasteiger partial charge on any atom is 0.163 e. The van der Waals surface area contributed by atoms with Gasteiger partial charge in [0.05, 0.1) is 7.11 Å². The van der Waals surface area contributed by atoms with Crippen molar-refractivity contribution in [2.45, 2.75) is 58.2 Å². The molecule has 0 aliphatic heterocycles. The van der Waals surface area contributed by atoms with Crippen LogP contribution in [-0.4, -0.2) is 13.2 Å². The van der Waals surface area contributed by atoms with Crippen LogP contribution in [0.1, 0.15) is 48.8 Å². The molecule has 0 bridgehead atoms. The topological polar surface area (TPSA) is 30.5 Å². The van der Waals surface area contributed by atoms with Gasteiger partial charge in [0.25, 0.3) is 0 Å². The predicted molar refractivity (Wildman–Crippen MR) is 107 cm³/mol. The fourth-order valence-corrected chi connectivity index (χ4v) is 3.73. The average Bonchev–Trinajstić information content (AvgIpc) is 2.66. The van der Waals surface area contributed by atoms with Gasteiger partial charge in [0.1, 0.15) is 6.61 Å². The van der Waals surface area contributed by atoms with Gasteiger partial charge in [-0.25, -0.2) is 0 Å². The highest BCUT2D eigenvalue weighted by Gasteiger charge is 2.15. The molecule has 0 radical (unpaired) electrons. The molecule has 0 aromatic heterocycles. The highest BCUT2D eigenvalue weighted by Crippen LogP contribution is 2.34. The van der Waals surface area contributed by atoms with Crippen LogP contribution in [0.2, 0.25) is 5.02 Å². The molecule has 3 nitrogen and oxygen atoms in total. The summed E-state index contributed by atoms with van der Waals surface area (Å²) in [6.07, 6.45) is 6.51. The van der Waals surface area contributed by atoms with Crippen molar-refractivity contribution in [1.82, 2.24) is 5.32 Å². The Labute approximate surface area is 161 Å². The molecule has 1 fully saturated rings.